The molecule has 14 heavy (non-hydrogen) atoms. The first kappa shape index (κ1) is 12.6. The fourth-order valence-corrected chi connectivity index (χ4v) is 0.986. The van der Waals surface area contributed by atoms with Crippen molar-refractivity contribution in [3.05, 3.63) is 0 Å². The van der Waals surface area contributed by atoms with Crippen LogP contribution in [0.2, 0.25) is 0 Å². The largest absolute Gasteiger partial charge is 0.480 e. The van der Waals surface area contributed by atoms with Gasteiger partial charge in [-0.1, -0.05) is 6.92 Å². The summed E-state index contributed by atoms with van der Waals surface area (Å²) in [7, 11) is 0. The summed E-state index contributed by atoms with van der Waals surface area (Å²) in [4.78, 5) is 32.9. The highest BCUT2D eigenvalue weighted by atomic mass is 16.5. The van der Waals surface area contributed by atoms with Crippen LogP contribution >= 0.6 is 0 Å². The molecule has 5 heteroatoms. The van der Waals surface area contributed by atoms with Gasteiger partial charge >= 0.3 is 11.9 Å². The second kappa shape index (κ2) is 6.12. The van der Waals surface area contributed by atoms with E-state index in [0.717, 1.165) is 0 Å². The van der Waals surface area contributed by atoms with Gasteiger partial charge in [0.1, 0.15) is 0 Å². The van der Waals surface area contributed by atoms with E-state index in [0.29, 0.717) is 6.42 Å². The molecule has 0 heterocycles. The standard InChI is InChI=1S/C9H14O5/c1-3-5-6(10)7(8(11)12)9(13)14-4-2/h7H,3-5H2,1-2H3,(H,11,12). The number of Topliss-reactive ketones (excluding diaryl/α,β-unsaturated/α-hetero) is 1. The number of carboxylic acid groups (broad SMARTS) is 1. The molecule has 0 aromatic carbocycles. The van der Waals surface area contributed by atoms with Gasteiger partial charge < -0.3 is 9.84 Å². The van der Waals surface area contributed by atoms with E-state index >= 15 is 0 Å². The lowest BCUT2D eigenvalue weighted by Crippen LogP contribution is -2.33. The number of ketones is 1. The van der Waals surface area contributed by atoms with E-state index < -0.39 is 23.6 Å². The Hall–Kier alpha value is -1.39. The van der Waals surface area contributed by atoms with E-state index in [-0.39, 0.29) is 13.0 Å². The predicted octanol–water partition coefficient (Wildman–Crippen LogP) is 0.620. The van der Waals surface area contributed by atoms with Crippen LogP contribution in [0.3, 0.4) is 0 Å². The van der Waals surface area contributed by atoms with Gasteiger partial charge in [-0.15, -0.1) is 0 Å². The summed E-state index contributed by atoms with van der Waals surface area (Å²) in [5.41, 5.74) is 0. The van der Waals surface area contributed by atoms with Crippen molar-refractivity contribution >= 4 is 17.7 Å². The molecule has 0 rings (SSSR count). The van der Waals surface area contributed by atoms with Gasteiger partial charge in [0.25, 0.3) is 0 Å². The Labute approximate surface area is 82.1 Å². The number of carbonyl (C=O) groups is 3. The van der Waals surface area contributed by atoms with Crippen LogP contribution < -0.4 is 0 Å². The minimum atomic E-state index is -1.66. The Morgan fingerprint density at radius 2 is 1.86 bits per heavy atom. The molecule has 0 aliphatic rings. The molecule has 0 bridgehead atoms. The van der Waals surface area contributed by atoms with Crippen LogP contribution in [0.4, 0.5) is 0 Å². The van der Waals surface area contributed by atoms with Crippen molar-refractivity contribution < 1.29 is 24.2 Å². The molecule has 0 saturated carbocycles. The van der Waals surface area contributed by atoms with Crippen molar-refractivity contribution in [3.63, 3.8) is 0 Å². The van der Waals surface area contributed by atoms with Gasteiger partial charge in [0.2, 0.25) is 5.92 Å². The fourth-order valence-electron chi connectivity index (χ4n) is 0.986. The zero-order valence-electron chi connectivity index (χ0n) is 8.28. The summed E-state index contributed by atoms with van der Waals surface area (Å²) in [5, 5.41) is 8.65. The first-order valence-electron chi connectivity index (χ1n) is 4.46. The molecule has 0 aliphatic heterocycles. The van der Waals surface area contributed by atoms with Crippen molar-refractivity contribution in [1.29, 1.82) is 0 Å². The zero-order chi connectivity index (χ0) is 11.1. The molecule has 0 fully saturated rings. The van der Waals surface area contributed by atoms with E-state index in [1.165, 1.54) is 0 Å². The maximum absolute atomic E-state index is 11.2. The van der Waals surface area contributed by atoms with Crippen LogP contribution in [-0.4, -0.2) is 29.4 Å². The third-order valence-electron chi connectivity index (χ3n) is 1.59. The maximum Gasteiger partial charge on any atom is 0.328 e. The summed E-state index contributed by atoms with van der Waals surface area (Å²) < 4.78 is 4.49. The monoisotopic (exact) mass is 202 g/mol. The molecule has 0 aliphatic carbocycles. The summed E-state index contributed by atoms with van der Waals surface area (Å²) in [6.07, 6.45) is 0.595. The lowest BCUT2D eigenvalue weighted by atomic mass is 10.0. The number of carbonyl (C=O) groups excluding carboxylic acids is 2. The number of aliphatic carboxylic acids is 1. The molecule has 80 valence electrons. The highest BCUT2D eigenvalue weighted by molar-refractivity contribution is 6.14. The van der Waals surface area contributed by atoms with Gasteiger partial charge in [-0.25, -0.2) is 0 Å². The average molecular weight is 202 g/mol. The number of ether oxygens (including phenoxy) is 1. The Bertz CT molecular complexity index is 215. The second-order valence-corrected chi connectivity index (χ2v) is 2.74. The van der Waals surface area contributed by atoms with Gasteiger partial charge in [-0.05, 0) is 13.3 Å². The summed E-state index contributed by atoms with van der Waals surface area (Å²) in [6, 6.07) is 0. The van der Waals surface area contributed by atoms with Crippen LogP contribution in [0.25, 0.3) is 0 Å². The maximum atomic E-state index is 11.2. The third-order valence-corrected chi connectivity index (χ3v) is 1.59. The predicted molar refractivity (Wildman–Crippen MR) is 47.7 cm³/mol. The molecule has 5 nitrogen and oxygen atoms in total. The van der Waals surface area contributed by atoms with Crippen molar-refractivity contribution in [2.24, 2.45) is 5.92 Å². The van der Waals surface area contributed by atoms with Crippen LogP contribution in [0, 0.1) is 5.92 Å². The highest BCUT2D eigenvalue weighted by Crippen LogP contribution is 2.07. The van der Waals surface area contributed by atoms with Crippen LogP contribution in [0.15, 0.2) is 0 Å². The van der Waals surface area contributed by atoms with Crippen LogP contribution in [0.5, 0.6) is 0 Å². The number of rotatable bonds is 6. The minimum Gasteiger partial charge on any atom is -0.480 e. The zero-order valence-corrected chi connectivity index (χ0v) is 8.28. The molecular formula is C9H14O5. The van der Waals surface area contributed by atoms with Gasteiger partial charge in [-0.2, -0.15) is 0 Å². The highest BCUT2D eigenvalue weighted by Gasteiger charge is 2.34. The summed E-state index contributed by atoms with van der Waals surface area (Å²) >= 11 is 0. The normalized spacial score (nSPS) is 11.9. The first-order valence-corrected chi connectivity index (χ1v) is 4.46. The number of hydrogen-bond acceptors (Lipinski definition) is 4. The Morgan fingerprint density at radius 1 is 1.29 bits per heavy atom. The van der Waals surface area contributed by atoms with Crippen molar-refractivity contribution in [2.45, 2.75) is 26.7 Å². The molecule has 0 amide bonds. The smallest absolute Gasteiger partial charge is 0.328 e. The molecule has 0 saturated heterocycles. The third kappa shape index (κ3) is 3.55. The van der Waals surface area contributed by atoms with Crippen LogP contribution in [0.1, 0.15) is 26.7 Å². The van der Waals surface area contributed by atoms with E-state index in [2.05, 4.69) is 4.74 Å². The molecule has 0 aromatic rings. The molecule has 1 atom stereocenters. The van der Waals surface area contributed by atoms with Crippen molar-refractivity contribution in [3.8, 4) is 0 Å². The van der Waals surface area contributed by atoms with Crippen molar-refractivity contribution in [1.82, 2.24) is 0 Å². The Morgan fingerprint density at radius 3 is 2.21 bits per heavy atom. The lowest BCUT2D eigenvalue weighted by molar-refractivity contribution is -0.161. The number of hydrogen-bond donors (Lipinski definition) is 1. The Kier molecular flexibility index (Phi) is 5.52. The number of esters is 1. The molecule has 1 unspecified atom stereocenters. The van der Waals surface area contributed by atoms with Gasteiger partial charge in [-0.3, -0.25) is 14.4 Å². The SMILES string of the molecule is CCCC(=O)C(C(=O)O)C(=O)OCC. The summed E-state index contributed by atoms with van der Waals surface area (Å²) in [6.45, 7) is 3.37. The quantitative estimate of drug-likeness (QED) is 0.504. The second-order valence-electron chi connectivity index (χ2n) is 2.74. The Balaban J connectivity index is 4.51. The van der Waals surface area contributed by atoms with Gasteiger partial charge in [0, 0.05) is 6.42 Å². The van der Waals surface area contributed by atoms with E-state index in [4.69, 9.17) is 5.11 Å². The van der Waals surface area contributed by atoms with Gasteiger partial charge in [0.05, 0.1) is 6.61 Å². The molecular weight excluding hydrogens is 188 g/mol. The molecule has 0 spiro atoms. The van der Waals surface area contributed by atoms with Crippen LogP contribution in [-0.2, 0) is 19.1 Å². The minimum absolute atomic E-state index is 0.0714. The van der Waals surface area contributed by atoms with E-state index in [1.54, 1.807) is 13.8 Å². The van der Waals surface area contributed by atoms with Gasteiger partial charge in [0.15, 0.2) is 5.78 Å². The summed E-state index contributed by atoms with van der Waals surface area (Å²) in [5.74, 6) is -4.67. The van der Waals surface area contributed by atoms with Crippen molar-refractivity contribution in [2.75, 3.05) is 6.61 Å². The van der Waals surface area contributed by atoms with E-state index in [1.807, 2.05) is 0 Å². The molecule has 1 N–H and O–H groups in total. The first-order chi connectivity index (χ1) is 6.54. The van der Waals surface area contributed by atoms with E-state index in [9.17, 15) is 14.4 Å². The molecule has 0 radical (unpaired) electrons. The average Bonchev–Trinajstić information content (AvgIpc) is 2.04. The fraction of sp³-hybridized carbons (Fsp3) is 0.667. The molecule has 0 aromatic heterocycles. The number of carboxylic acids is 1. The lowest BCUT2D eigenvalue weighted by Gasteiger charge is -2.09. The topological polar surface area (TPSA) is 80.7 Å².